The van der Waals surface area contributed by atoms with Crippen molar-refractivity contribution in [2.45, 2.75) is 52.1 Å². The largest absolute Gasteiger partial charge is 0.326 e. The van der Waals surface area contributed by atoms with Gasteiger partial charge in [-0.2, -0.15) is 0 Å². The van der Waals surface area contributed by atoms with Crippen molar-refractivity contribution in [3.63, 3.8) is 0 Å². The van der Waals surface area contributed by atoms with Crippen molar-refractivity contribution >= 4 is 34.9 Å². The zero-order chi connectivity index (χ0) is 18.2. The predicted octanol–water partition coefficient (Wildman–Crippen LogP) is 3.93. The summed E-state index contributed by atoms with van der Waals surface area (Å²) in [7, 11) is 0. The fourth-order valence-corrected chi connectivity index (χ4v) is 5.33. The predicted molar refractivity (Wildman–Crippen MR) is 101 cm³/mol. The second-order valence-corrected chi connectivity index (χ2v) is 9.06. The first-order valence-corrected chi connectivity index (χ1v) is 10.2. The monoisotopic (exact) mass is 383 g/mol. The van der Waals surface area contributed by atoms with Gasteiger partial charge < -0.3 is 5.32 Å². The number of carbonyl (C=O) groups is 2. The van der Waals surface area contributed by atoms with Crippen LogP contribution in [0, 0.1) is 11.8 Å². The third-order valence-electron chi connectivity index (χ3n) is 5.78. The number of hydrogen-bond donors (Lipinski definition) is 1. The number of rotatable bonds is 5. The normalized spacial score (nSPS) is 29.7. The van der Waals surface area contributed by atoms with Crippen molar-refractivity contribution in [2.24, 2.45) is 11.8 Å². The number of carbonyl (C=O) groups excluding carboxylic acids is 2. The Labute approximate surface area is 158 Å². The zero-order valence-corrected chi connectivity index (χ0v) is 16.6. The van der Waals surface area contributed by atoms with Gasteiger partial charge in [-0.1, -0.05) is 38.8 Å². The first-order valence-electron chi connectivity index (χ1n) is 8.99. The summed E-state index contributed by atoms with van der Waals surface area (Å²) in [5.41, 5.74) is -0.721. The highest BCUT2D eigenvalue weighted by molar-refractivity contribution is 7.16. The molecule has 2 heterocycles. The lowest BCUT2D eigenvalue weighted by molar-refractivity contribution is -0.138. The number of hydrogen-bond acceptors (Lipinski definition) is 4. The van der Waals surface area contributed by atoms with Crippen LogP contribution >= 0.6 is 22.9 Å². The Hall–Kier alpha value is -1.11. The van der Waals surface area contributed by atoms with Crippen LogP contribution < -0.4 is 5.32 Å². The molecule has 2 unspecified atom stereocenters. The summed E-state index contributed by atoms with van der Waals surface area (Å²) in [6.45, 7) is 7.96. The van der Waals surface area contributed by atoms with E-state index in [-0.39, 0.29) is 23.8 Å². The van der Waals surface area contributed by atoms with Crippen molar-refractivity contribution in [2.75, 3.05) is 13.2 Å². The molecular weight excluding hydrogens is 358 g/mol. The molecule has 2 atom stereocenters. The van der Waals surface area contributed by atoms with Crippen LogP contribution in [0.15, 0.2) is 12.1 Å². The molecule has 1 saturated heterocycles. The first-order chi connectivity index (χ1) is 11.9. The van der Waals surface area contributed by atoms with Crippen LogP contribution in [-0.4, -0.2) is 40.5 Å². The summed E-state index contributed by atoms with van der Waals surface area (Å²) in [4.78, 5) is 30.5. The molecule has 25 heavy (non-hydrogen) atoms. The molecule has 138 valence electrons. The van der Waals surface area contributed by atoms with Gasteiger partial charge in [-0.3, -0.25) is 9.69 Å². The minimum Gasteiger partial charge on any atom is -0.323 e. The molecule has 1 N–H and O–H groups in total. The number of nitrogens with one attached hydrogen (secondary N) is 1. The third kappa shape index (κ3) is 3.32. The van der Waals surface area contributed by atoms with E-state index in [4.69, 9.17) is 11.6 Å². The highest BCUT2D eigenvalue weighted by Crippen LogP contribution is 2.42. The van der Waals surface area contributed by atoms with Crippen LogP contribution in [0.25, 0.3) is 0 Å². The van der Waals surface area contributed by atoms with E-state index in [1.54, 1.807) is 0 Å². The van der Waals surface area contributed by atoms with E-state index in [1.165, 1.54) is 16.2 Å². The minimum absolute atomic E-state index is 0.0557. The summed E-state index contributed by atoms with van der Waals surface area (Å²) < 4.78 is 0.754. The first kappa shape index (κ1) is 18.7. The molecule has 0 aromatic carbocycles. The van der Waals surface area contributed by atoms with E-state index in [2.05, 4.69) is 24.1 Å². The maximum Gasteiger partial charge on any atom is 0.326 e. The molecule has 1 aromatic rings. The van der Waals surface area contributed by atoms with Crippen LogP contribution in [0.3, 0.4) is 0 Å². The molecule has 3 rings (SSSR count). The van der Waals surface area contributed by atoms with E-state index in [0.717, 1.165) is 35.0 Å². The van der Waals surface area contributed by atoms with Crippen LogP contribution in [0.1, 0.15) is 44.9 Å². The molecule has 1 aliphatic carbocycles. The standard InChI is InChI=1S/C18H26ClN3O2S/c1-4-21(10-14-8-9-15(19)25-14)11-22-16(23)18(20-17(22)24)12(2)6-5-7-13(18)3/h8-9,12-13H,4-7,10-11H2,1-3H3,(H,20,24). The second kappa shape index (κ2) is 7.25. The Kier molecular flexibility index (Phi) is 5.42. The van der Waals surface area contributed by atoms with E-state index in [9.17, 15) is 9.59 Å². The van der Waals surface area contributed by atoms with Gasteiger partial charge in [0.15, 0.2) is 0 Å². The average Bonchev–Trinajstić information content (AvgIpc) is 3.08. The van der Waals surface area contributed by atoms with E-state index >= 15 is 0 Å². The number of halogens is 1. The highest BCUT2D eigenvalue weighted by atomic mass is 35.5. The quantitative estimate of drug-likeness (QED) is 0.784. The Balaban J connectivity index is 1.75. The van der Waals surface area contributed by atoms with Gasteiger partial charge in [-0.25, -0.2) is 9.69 Å². The average molecular weight is 384 g/mol. The second-order valence-electron chi connectivity index (χ2n) is 7.26. The Morgan fingerprint density at radius 2 is 2.00 bits per heavy atom. The van der Waals surface area contributed by atoms with Gasteiger partial charge in [0.1, 0.15) is 5.54 Å². The number of amides is 3. The Morgan fingerprint density at radius 1 is 1.32 bits per heavy atom. The van der Waals surface area contributed by atoms with Gasteiger partial charge in [0.2, 0.25) is 0 Å². The fraction of sp³-hybridized carbons (Fsp3) is 0.667. The van der Waals surface area contributed by atoms with Crippen LogP contribution in [0.5, 0.6) is 0 Å². The van der Waals surface area contributed by atoms with Crippen LogP contribution in [0.2, 0.25) is 4.34 Å². The topological polar surface area (TPSA) is 52.6 Å². The summed E-state index contributed by atoms with van der Waals surface area (Å²) >= 11 is 7.54. The maximum atomic E-state index is 13.2. The molecule has 1 aromatic heterocycles. The van der Waals surface area contributed by atoms with Gasteiger partial charge in [0.25, 0.3) is 5.91 Å². The Bertz CT molecular complexity index is 653. The third-order valence-corrected chi connectivity index (χ3v) is 7.00. The molecule has 2 aliphatic rings. The zero-order valence-electron chi connectivity index (χ0n) is 15.0. The number of thiophene rings is 1. The lowest BCUT2D eigenvalue weighted by Crippen LogP contribution is -2.59. The molecule has 0 bridgehead atoms. The molecule has 7 heteroatoms. The van der Waals surface area contributed by atoms with Crippen molar-refractivity contribution in [1.29, 1.82) is 0 Å². The number of imide groups is 1. The molecule has 3 amide bonds. The Morgan fingerprint density at radius 3 is 2.56 bits per heavy atom. The molecule has 1 aliphatic heterocycles. The van der Waals surface area contributed by atoms with E-state index in [0.29, 0.717) is 13.2 Å². The van der Waals surface area contributed by atoms with E-state index < -0.39 is 5.54 Å². The summed E-state index contributed by atoms with van der Waals surface area (Å²) in [5, 5.41) is 3.06. The van der Waals surface area contributed by atoms with Crippen LogP contribution in [0.4, 0.5) is 4.79 Å². The van der Waals surface area contributed by atoms with Crippen molar-refractivity contribution < 1.29 is 9.59 Å². The molecule has 5 nitrogen and oxygen atoms in total. The number of urea groups is 1. The van der Waals surface area contributed by atoms with Crippen LogP contribution in [-0.2, 0) is 11.3 Å². The lowest BCUT2D eigenvalue weighted by Gasteiger charge is -2.42. The van der Waals surface area contributed by atoms with Gasteiger partial charge in [-0.15, -0.1) is 11.3 Å². The molecular formula is C18H26ClN3O2S. The van der Waals surface area contributed by atoms with Gasteiger partial charge in [0, 0.05) is 11.4 Å². The number of nitrogens with zero attached hydrogens (tertiary/aromatic N) is 2. The van der Waals surface area contributed by atoms with E-state index in [1.807, 2.05) is 19.1 Å². The molecule has 2 fully saturated rings. The molecule has 1 spiro atoms. The molecule has 0 radical (unpaired) electrons. The fourth-order valence-electron chi connectivity index (χ4n) is 4.20. The molecule has 1 saturated carbocycles. The van der Waals surface area contributed by atoms with Crippen molar-refractivity contribution in [3.8, 4) is 0 Å². The summed E-state index contributed by atoms with van der Waals surface area (Å²) in [6, 6.07) is 3.62. The summed E-state index contributed by atoms with van der Waals surface area (Å²) in [6.07, 6.45) is 3.08. The SMILES string of the molecule is CCN(Cc1ccc(Cl)s1)CN1C(=O)NC2(C1=O)C(C)CCCC2C. The summed E-state index contributed by atoms with van der Waals surface area (Å²) in [5.74, 6) is 0.285. The maximum absolute atomic E-state index is 13.2. The minimum atomic E-state index is -0.721. The smallest absolute Gasteiger partial charge is 0.323 e. The lowest BCUT2D eigenvalue weighted by atomic mass is 9.67. The van der Waals surface area contributed by atoms with Gasteiger partial charge in [0.05, 0.1) is 11.0 Å². The van der Waals surface area contributed by atoms with Gasteiger partial charge >= 0.3 is 6.03 Å². The van der Waals surface area contributed by atoms with Crippen molar-refractivity contribution in [3.05, 3.63) is 21.3 Å². The highest BCUT2D eigenvalue weighted by Gasteiger charge is 2.58. The van der Waals surface area contributed by atoms with Gasteiger partial charge in [-0.05, 0) is 43.4 Å². The van der Waals surface area contributed by atoms with Crippen molar-refractivity contribution in [1.82, 2.24) is 15.1 Å².